The second kappa shape index (κ2) is 8.12. The van der Waals surface area contributed by atoms with E-state index in [1.54, 1.807) is 29.4 Å². The van der Waals surface area contributed by atoms with Gasteiger partial charge >= 0.3 is 0 Å². The van der Waals surface area contributed by atoms with Crippen LogP contribution in [0.4, 0.5) is 0 Å². The van der Waals surface area contributed by atoms with Gasteiger partial charge in [-0.2, -0.15) is 0 Å². The van der Waals surface area contributed by atoms with Crippen molar-refractivity contribution in [1.82, 2.24) is 9.88 Å². The lowest BCUT2D eigenvalue weighted by molar-refractivity contribution is 0.0764. The first kappa shape index (κ1) is 17.4. The fraction of sp³-hybridized carbons (Fsp3) is 0.400. The molecule has 1 N–H and O–H groups in total. The highest BCUT2D eigenvalue weighted by molar-refractivity contribution is 5.94. The van der Waals surface area contributed by atoms with Crippen LogP contribution in [0.15, 0.2) is 48.8 Å². The molecule has 1 aromatic carbocycles. The van der Waals surface area contributed by atoms with Crippen molar-refractivity contribution in [2.45, 2.75) is 25.9 Å². The van der Waals surface area contributed by atoms with Gasteiger partial charge in [-0.25, -0.2) is 0 Å². The Labute approximate surface area is 148 Å². The first-order valence-electron chi connectivity index (χ1n) is 8.76. The van der Waals surface area contributed by atoms with E-state index in [1.165, 1.54) is 0 Å². The van der Waals surface area contributed by atoms with Gasteiger partial charge < -0.3 is 14.7 Å². The number of β-amino-alcohol motifs (C(OH)–C–C–N with tert-alkyl or cyclic N) is 1. The van der Waals surface area contributed by atoms with Crippen LogP contribution in [0.2, 0.25) is 0 Å². The van der Waals surface area contributed by atoms with E-state index in [0.29, 0.717) is 25.3 Å². The second-order valence-corrected chi connectivity index (χ2v) is 6.47. The largest absolute Gasteiger partial charge is 0.494 e. The topological polar surface area (TPSA) is 62.7 Å². The Hall–Kier alpha value is -2.40. The summed E-state index contributed by atoms with van der Waals surface area (Å²) in [7, 11) is 0. The Morgan fingerprint density at radius 1 is 1.20 bits per heavy atom. The predicted molar refractivity (Wildman–Crippen MR) is 95.6 cm³/mol. The summed E-state index contributed by atoms with van der Waals surface area (Å²) in [6.45, 7) is 3.67. The Kier molecular flexibility index (Phi) is 5.66. The highest BCUT2D eigenvalue weighted by atomic mass is 16.5. The van der Waals surface area contributed by atoms with Gasteiger partial charge in [-0.1, -0.05) is 6.92 Å². The van der Waals surface area contributed by atoms with Crippen molar-refractivity contribution in [2.24, 2.45) is 5.92 Å². The molecule has 2 heterocycles. The lowest BCUT2D eigenvalue weighted by Gasteiger charge is -2.16. The van der Waals surface area contributed by atoms with Crippen molar-refractivity contribution in [1.29, 1.82) is 0 Å². The lowest BCUT2D eigenvalue weighted by atomic mass is 9.97. The molecular weight excluding hydrogens is 316 g/mol. The molecule has 2 aromatic rings. The highest BCUT2D eigenvalue weighted by Crippen LogP contribution is 2.23. The van der Waals surface area contributed by atoms with Crippen LogP contribution < -0.4 is 4.74 Å². The first-order valence-corrected chi connectivity index (χ1v) is 8.76. The molecule has 3 rings (SSSR count). The van der Waals surface area contributed by atoms with Gasteiger partial charge in [-0.3, -0.25) is 9.78 Å². The number of hydrogen-bond acceptors (Lipinski definition) is 4. The number of hydrogen-bond donors (Lipinski definition) is 1. The van der Waals surface area contributed by atoms with Crippen molar-refractivity contribution in [3.05, 3.63) is 59.9 Å². The average Bonchev–Trinajstić information content (AvgIpc) is 3.01. The number of likely N-dealkylation sites (tertiary alicyclic amines) is 1. The van der Waals surface area contributed by atoms with E-state index in [2.05, 4.69) is 11.9 Å². The third kappa shape index (κ3) is 4.37. The molecule has 0 bridgehead atoms. The zero-order valence-corrected chi connectivity index (χ0v) is 14.5. The molecular formula is C20H24N2O3. The van der Waals surface area contributed by atoms with Crippen LogP contribution >= 0.6 is 0 Å². The van der Waals surface area contributed by atoms with Gasteiger partial charge in [-0.15, -0.1) is 0 Å². The summed E-state index contributed by atoms with van der Waals surface area (Å²) in [5.74, 6) is 0.784. The molecule has 0 spiro atoms. The number of aromatic nitrogens is 1. The fourth-order valence-corrected chi connectivity index (χ4v) is 3.14. The number of benzene rings is 1. The molecule has 1 aromatic heterocycles. The molecule has 0 saturated carbocycles. The minimum atomic E-state index is -0.496. The minimum Gasteiger partial charge on any atom is -0.494 e. The van der Waals surface area contributed by atoms with Gasteiger partial charge in [0.25, 0.3) is 5.91 Å². The Morgan fingerprint density at radius 3 is 2.60 bits per heavy atom. The van der Waals surface area contributed by atoms with Gasteiger partial charge in [0.05, 0.1) is 12.7 Å². The molecule has 132 valence electrons. The molecule has 5 nitrogen and oxygen atoms in total. The molecule has 25 heavy (non-hydrogen) atoms. The summed E-state index contributed by atoms with van der Waals surface area (Å²) >= 11 is 0. The smallest absolute Gasteiger partial charge is 0.253 e. The third-order valence-corrected chi connectivity index (χ3v) is 4.52. The zero-order chi connectivity index (χ0) is 17.6. The van der Waals surface area contributed by atoms with Crippen LogP contribution in [0.3, 0.4) is 0 Å². The maximum Gasteiger partial charge on any atom is 0.253 e. The van der Waals surface area contributed by atoms with Crippen LogP contribution in [0.5, 0.6) is 5.75 Å². The molecule has 0 radical (unpaired) electrons. The molecule has 1 saturated heterocycles. The number of aliphatic hydroxyl groups is 1. The maximum atomic E-state index is 12.7. The number of ether oxygens (including phenoxy) is 1. The highest BCUT2D eigenvalue weighted by Gasteiger charge is 2.34. The van der Waals surface area contributed by atoms with E-state index in [9.17, 15) is 9.90 Å². The van der Waals surface area contributed by atoms with Gasteiger partial charge in [0.1, 0.15) is 5.75 Å². The summed E-state index contributed by atoms with van der Waals surface area (Å²) < 4.78 is 5.55. The van der Waals surface area contributed by atoms with E-state index >= 15 is 0 Å². The summed E-state index contributed by atoms with van der Waals surface area (Å²) in [6, 6.07) is 11.1. The van der Waals surface area contributed by atoms with E-state index in [-0.39, 0.29) is 11.8 Å². The van der Waals surface area contributed by atoms with Crippen molar-refractivity contribution < 1.29 is 14.6 Å². The van der Waals surface area contributed by atoms with Crippen LogP contribution in [0.25, 0.3) is 0 Å². The molecule has 2 unspecified atom stereocenters. The monoisotopic (exact) mass is 340 g/mol. The molecule has 0 aliphatic carbocycles. The number of amides is 1. The summed E-state index contributed by atoms with van der Waals surface area (Å²) in [4.78, 5) is 18.4. The SMILES string of the molecule is CCCOc1ccc(C(=O)N2CC(O)C(Cc3ccncc3)C2)cc1. The van der Waals surface area contributed by atoms with Crippen LogP contribution in [0.1, 0.15) is 29.3 Å². The van der Waals surface area contributed by atoms with Gasteiger partial charge in [0.15, 0.2) is 0 Å². The van der Waals surface area contributed by atoms with Crippen molar-refractivity contribution in [3.63, 3.8) is 0 Å². The average molecular weight is 340 g/mol. The zero-order valence-electron chi connectivity index (χ0n) is 14.5. The van der Waals surface area contributed by atoms with Gasteiger partial charge in [0.2, 0.25) is 0 Å². The number of nitrogens with zero attached hydrogens (tertiary/aromatic N) is 2. The van der Waals surface area contributed by atoms with E-state index in [1.807, 2.05) is 24.3 Å². The third-order valence-electron chi connectivity index (χ3n) is 4.52. The lowest BCUT2D eigenvalue weighted by Crippen LogP contribution is -2.29. The molecule has 2 atom stereocenters. The standard InChI is InChI=1S/C20H24N2O3/c1-2-11-25-18-5-3-16(4-6-18)20(24)22-13-17(19(23)14-22)12-15-7-9-21-10-8-15/h3-10,17,19,23H,2,11-14H2,1H3. The summed E-state index contributed by atoms with van der Waals surface area (Å²) in [5.41, 5.74) is 1.76. The van der Waals surface area contributed by atoms with E-state index < -0.39 is 6.10 Å². The van der Waals surface area contributed by atoms with Crippen LogP contribution in [0, 0.1) is 5.92 Å². The molecule has 1 aliphatic rings. The predicted octanol–water partition coefficient (Wildman–Crippen LogP) is 2.55. The maximum absolute atomic E-state index is 12.7. The van der Waals surface area contributed by atoms with Gasteiger partial charge in [0, 0.05) is 37.0 Å². The summed E-state index contributed by atoms with van der Waals surface area (Å²) in [6.07, 6.45) is 4.70. The van der Waals surface area contributed by atoms with Crippen molar-refractivity contribution in [2.75, 3.05) is 19.7 Å². The van der Waals surface area contributed by atoms with Crippen LogP contribution in [-0.2, 0) is 6.42 Å². The van der Waals surface area contributed by atoms with Crippen molar-refractivity contribution >= 4 is 5.91 Å². The fourth-order valence-electron chi connectivity index (χ4n) is 3.14. The quantitative estimate of drug-likeness (QED) is 0.878. The number of pyridine rings is 1. The van der Waals surface area contributed by atoms with E-state index in [4.69, 9.17) is 4.74 Å². The molecule has 5 heteroatoms. The minimum absolute atomic E-state index is 0.0432. The van der Waals surface area contributed by atoms with E-state index in [0.717, 1.165) is 24.2 Å². The Bertz CT molecular complexity index is 688. The molecule has 1 aliphatic heterocycles. The molecule has 1 amide bonds. The van der Waals surface area contributed by atoms with Crippen LogP contribution in [-0.4, -0.2) is 46.7 Å². The second-order valence-electron chi connectivity index (χ2n) is 6.47. The number of carbonyl (C=O) groups is 1. The Morgan fingerprint density at radius 2 is 1.92 bits per heavy atom. The number of aliphatic hydroxyl groups excluding tert-OH is 1. The normalized spacial score (nSPS) is 19.8. The Balaban J connectivity index is 1.61. The summed E-state index contributed by atoms with van der Waals surface area (Å²) in [5, 5.41) is 10.3. The number of rotatable bonds is 6. The molecule has 1 fully saturated rings. The van der Waals surface area contributed by atoms with Crippen molar-refractivity contribution in [3.8, 4) is 5.75 Å². The van der Waals surface area contributed by atoms with Gasteiger partial charge in [-0.05, 0) is 54.8 Å². The first-order chi connectivity index (χ1) is 12.2. The number of carbonyl (C=O) groups excluding carboxylic acids is 1.